The number of hydrogen-bond donors (Lipinski definition) is 1. The summed E-state index contributed by atoms with van der Waals surface area (Å²) in [6.07, 6.45) is 2.83. The largest absolute Gasteiger partial charge is 0.490 e. The van der Waals surface area contributed by atoms with Gasteiger partial charge in [-0.2, -0.15) is 0 Å². The van der Waals surface area contributed by atoms with Gasteiger partial charge < -0.3 is 19.5 Å². The van der Waals surface area contributed by atoms with Gasteiger partial charge in [-0.1, -0.05) is 61.6 Å². The van der Waals surface area contributed by atoms with Crippen molar-refractivity contribution < 1.29 is 19.0 Å². The van der Waals surface area contributed by atoms with Crippen molar-refractivity contribution in [3.05, 3.63) is 57.5 Å². The third-order valence-corrected chi connectivity index (χ3v) is 6.37. The molecule has 5 nitrogen and oxygen atoms in total. The van der Waals surface area contributed by atoms with Crippen molar-refractivity contribution in [1.82, 2.24) is 5.32 Å². The lowest BCUT2D eigenvalue weighted by Crippen LogP contribution is -2.17. The Balaban J connectivity index is 1.63. The highest BCUT2D eigenvalue weighted by Crippen LogP contribution is 2.38. The van der Waals surface area contributed by atoms with Crippen LogP contribution in [0, 0.1) is 0 Å². The molecule has 32 heavy (non-hydrogen) atoms. The molecule has 1 aliphatic rings. The smallest absolute Gasteiger partial charge is 0.263 e. The standard InChI is InChI=1S/C24H26ClNO4S2/c1-4-15(3)17-6-8-18(9-7-17)29-10-11-30-22-19(25)12-16(13-20(22)28-5-2)14-21-23(27)26-24(31)32-21/h6-9,12-15H,4-5,10-11H2,1-3H3,(H,26,27,31)/b21-14-/t15-/m1/s1. The zero-order valence-electron chi connectivity index (χ0n) is 18.3. The van der Waals surface area contributed by atoms with E-state index in [4.69, 9.17) is 38.0 Å². The quantitative estimate of drug-likeness (QED) is 0.242. The Morgan fingerprint density at radius 1 is 1.12 bits per heavy atom. The van der Waals surface area contributed by atoms with Gasteiger partial charge in [-0.15, -0.1) is 0 Å². The van der Waals surface area contributed by atoms with Crippen LogP contribution in [0.25, 0.3) is 6.08 Å². The van der Waals surface area contributed by atoms with Crippen LogP contribution < -0.4 is 19.5 Å². The Morgan fingerprint density at radius 2 is 1.84 bits per heavy atom. The van der Waals surface area contributed by atoms with Crippen LogP contribution in [0.4, 0.5) is 0 Å². The summed E-state index contributed by atoms with van der Waals surface area (Å²) in [7, 11) is 0. The summed E-state index contributed by atoms with van der Waals surface area (Å²) in [6, 6.07) is 11.7. The summed E-state index contributed by atoms with van der Waals surface area (Å²) >= 11 is 12.7. The average molecular weight is 492 g/mol. The Kier molecular flexibility index (Phi) is 8.84. The predicted molar refractivity (Wildman–Crippen MR) is 135 cm³/mol. The van der Waals surface area contributed by atoms with Gasteiger partial charge in [0.1, 0.15) is 23.3 Å². The number of nitrogens with one attached hydrogen (secondary N) is 1. The van der Waals surface area contributed by atoms with E-state index in [-0.39, 0.29) is 5.91 Å². The summed E-state index contributed by atoms with van der Waals surface area (Å²) in [5.74, 6) is 2.07. The lowest BCUT2D eigenvalue weighted by molar-refractivity contribution is -0.115. The van der Waals surface area contributed by atoms with Gasteiger partial charge >= 0.3 is 0 Å². The molecule has 0 aliphatic carbocycles. The number of rotatable bonds is 10. The molecule has 1 saturated heterocycles. The molecule has 2 aromatic carbocycles. The summed E-state index contributed by atoms with van der Waals surface area (Å²) in [5.41, 5.74) is 2.03. The highest BCUT2D eigenvalue weighted by molar-refractivity contribution is 8.26. The minimum Gasteiger partial charge on any atom is -0.490 e. The van der Waals surface area contributed by atoms with Gasteiger partial charge in [0.2, 0.25) is 0 Å². The zero-order valence-corrected chi connectivity index (χ0v) is 20.7. The molecule has 8 heteroatoms. The van der Waals surface area contributed by atoms with Gasteiger partial charge in [0.15, 0.2) is 11.5 Å². The molecule has 1 heterocycles. The molecular formula is C24H26ClNO4S2. The first kappa shape index (κ1) is 24.4. The van der Waals surface area contributed by atoms with E-state index in [0.29, 0.717) is 51.5 Å². The normalized spacial score (nSPS) is 15.6. The highest BCUT2D eigenvalue weighted by atomic mass is 35.5. The summed E-state index contributed by atoms with van der Waals surface area (Å²) in [5, 5.41) is 2.99. The van der Waals surface area contributed by atoms with Crippen molar-refractivity contribution in [2.75, 3.05) is 19.8 Å². The summed E-state index contributed by atoms with van der Waals surface area (Å²) < 4.78 is 17.8. The van der Waals surface area contributed by atoms with Crippen LogP contribution in [-0.2, 0) is 4.79 Å². The molecule has 0 spiro atoms. The van der Waals surface area contributed by atoms with Gasteiger partial charge in [0.05, 0.1) is 16.5 Å². The SMILES string of the molecule is CCOc1cc(/C=C2\SC(=S)NC2=O)cc(Cl)c1OCCOc1ccc([C@H](C)CC)cc1. The van der Waals surface area contributed by atoms with Crippen LogP contribution in [0.5, 0.6) is 17.2 Å². The van der Waals surface area contributed by atoms with E-state index in [1.54, 1.807) is 18.2 Å². The van der Waals surface area contributed by atoms with E-state index in [1.807, 2.05) is 19.1 Å². The minimum atomic E-state index is -0.219. The maximum absolute atomic E-state index is 11.9. The van der Waals surface area contributed by atoms with Crippen molar-refractivity contribution >= 4 is 51.9 Å². The van der Waals surface area contributed by atoms with Gasteiger partial charge in [0.25, 0.3) is 5.91 Å². The molecule has 0 saturated carbocycles. The van der Waals surface area contributed by atoms with Gasteiger partial charge in [-0.25, -0.2) is 0 Å². The molecule has 1 fully saturated rings. The van der Waals surface area contributed by atoms with Gasteiger partial charge in [-0.05, 0) is 60.7 Å². The Bertz CT molecular complexity index is 1010. The zero-order chi connectivity index (χ0) is 23.1. The predicted octanol–water partition coefficient (Wildman–Crippen LogP) is 6.20. The first-order valence-electron chi connectivity index (χ1n) is 10.5. The fraction of sp³-hybridized carbons (Fsp3) is 0.333. The van der Waals surface area contributed by atoms with Crippen LogP contribution in [0.1, 0.15) is 44.2 Å². The van der Waals surface area contributed by atoms with Crippen molar-refractivity contribution in [2.45, 2.75) is 33.1 Å². The number of ether oxygens (including phenoxy) is 3. The number of hydrogen-bond acceptors (Lipinski definition) is 6. The van der Waals surface area contributed by atoms with Crippen LogP contribution in [-0.4, -0.2) is 30.0 Å². The molecule has 1 aliphatic heterocycles. The van der Waals surface area contributed by atoms with E-state index in [1.165, 1.54) is 17.3 Å². The second kappa shape index (κ2) is 11.6. The number of halogens is 1. The maximum atomic E-state index is 11.9. The fourth-order valence-corrected chi connectivity index (χ4v) is 4.40. The number of benzene rings is 2. The van der Waals surface area contributed by atoms with E-state index in [9.17, 15) is 4.79 Å². The lowest BCUT2D eigenvalue weighted by atomic mass is 9.99. The van der Waals surface area contributed by atoms with Gasteiger partial charge in [-0.3, -0.25) is 4.79 Å². The first-order chi connectivity index (χ1) is 15.4. The Morgan fingerprint density at radius 3 is 2.47 bits per heavy atom. The third-order valence-electron chi connectivity index (χ3n) is 4.93. The summed E-state index contributed by atoms with van der Waals surface area (Å²) in [6.45, 7) is 7.39. The van der Waals surface area contributed by atoms with Gasteiger partial charge in [0, 0.05) is 0 Å². The van der Waals surface area contributed by atoms with E-state index in [2.05, 4.69) is 31.3 Å². The average Bonchev–Trinajstić information content (AvgIpc) is 3.09. The fourth-order valence-electron chi connectivity index (χ4n) is 3.08. The molecule has 0 bridgehead atoms. The Hall–Kier alpha value is -2.22. The molecule has 0 radical (unpaired) electrons. The van der Waals surface area contributed by atoms with E-state index >= 15 is 0 Å². The minimum absolute atomic E-state index is 0.219. The molecule has 1 N–H and O–H groups in total. The van der Waals surface area contributed by atoms with Crippen LogP contribution >= 0.6 is 35.6 Å². The highest BCUT2D eigenvalue weighted by Gasteiger charge is 2.22. The monoisotopic (exact) mass is 491 g/mol. The summed E-state index contributed by atoms with van der Waals surface area (Å²) in [4.78, 5) is 12.4. The molecular weight excluding hydrogens is 466 g/mol. The number of amides is 1. The second-order valence-electron chi connectivity index (χ2n) is 7.19. The Labute approximate surface area is 203 Å². The molecule has 0 aromatic heterocycles. The van der Waals surface area contributed by atoms with E-state index in [0.717, 1.165) is 17.7 Å². The maximum Gasteiger partial charge on any atom is 0.263 e. The number of carbonyl (C=O) groups is 1. The van der Waals surface area contributed by atoms with Crippen molar-refractivity contribution in [3.63, 3.8) is 0 Å². The molecule has 1 amide bonds. The molecule has 1 atom stereocenters. The lowest BCUT2D eigenvalue weighted by Gasteiger charge is -2.15. The van der Waals surface area contributed by atoms with E-state index < -0.39 is 0 Å². The molecule has 3 rings (SSSR count). The topological polar surface area (TPSA) is 56.8 Å². The van der Waals surface area contributed by atoms with Crippen molar-refractivity contribution in [1.29, 1.82) is 0 Å². The molecule has 2 aromatic rings. The van der Waals surface area contributed by atoms with Crippen LogP contribution in [0.3, 0.4) is 0 Å². The van der Waals surface area contributed by atoms with Crippen LogP contribution in [0.15, 0.2) is 41.3 Å². The first-order valence-corrected chi connectivity index (χ1v) is 12.1. The number of thioether (sulfide) groups is 1. The third kappa shape index (κ3) is 6.40. The van der Waals surface area contributed by atoms with Crippen molar-refractivity contribution in [3.8, 4) is 17.2 Å². The number of thiocarbonyl (C=S) groups is 1. The molecule has 0 unspecified atom stereocenters. The second-order valence-corrected chi connectivity index (χ2v) is 9.32. The molecule has 170 valence electrons. The van der Waals surface area contributed by atoms with Crippen molar-refractivity contribution in [2.24, 2.45) is 0 Å². The number of carbonyl (C=O) groups excluding carboxylic acids is 1. The van der Waals surface area contributed by atoms with Crippen LogP contribution in [0.2, 0.25) is 5.02 Å².